The number of nitrogens with one attached hydrogen (secondary N) is 1. The summed E-state index contributed by atoms with van der Waals surface area (Å²) >= 11 is 5.48. The van der Waals surface area contributed by atoms with Crippen molar-refractivity contribution in [3.8, 4) is 11.5 Å². The van der Waals surface area contributed by atoms with Crippen LogP contribution in [0.1, 0.15) is 18.6 Å². The fourth-order valence-electron chi connectivity index (χ4n) is 2.34. The lowest BCUT2D eigenvalue weighted by atomic mass is 10.0. The molecule has 2 aromatic rings. The zero-order valence-electron chi connectivity index (χ0n) is 14.0. The Hall–Kier alpha value is -2.24. The molecule has 0 aliphatic carbocycles. The fourth-order valence-corrected chi connectivity index (χ4v) is 2.44. The van der Waals surface area contributed by atoms with E-state index < -0.39 is 12.2 Å². The van der Waals surface area contributed by atoms with Crippen molar-refractivity contribution < 1.29 is 19.4 Å². The van der Waals surface area contributed by atoms with E-state index in [1.165, 1.54) is 0 Å². The van der Waals surface area contributed by atoms with Crippen LogP contribution in [0.2, 0.25) is 0 Å². The Morgan fingerprint density at radius 3 is 2.40 bits per heavy atom. The molecule has 0 aliphatic heterocycles. The second-order valence-electron chi connectivity index (χ2n) is 5.33. The number of aliphatic hydroxyl groups excluding tert-OH is 1. The maximum atomic E-state index is 11.4. The fraction of sp³-hybridized carbons (Fsp3) is 0.316. The maximum Gasteiger partial charge on any atom is 0.235 e. The molecule has 2 rings (SSSR count). The molecule has 134 valence electrons. The molecule has 2 atom stereocenters. The molecule has 0 unspecified atom stereocenters. The van der Waals surface area contributed by atoms with Crippen molar-refractivity contribution in [1.82, 2.24) is 5.32 Å². The van der Waals surface area contributed by atoms with Crippen LogP contribution >= 0.6 is 11.6 Å². The Balaban J connectivity index is 2.22. The minimum absolute atomic E-state index is 0.0297. The van der Waals surface area contributed by atoms with Gasteiger partial charge in [-0.3, -0.25) is 4.79 Å². The van der Waals surface area contributed by atoms with Crippen molar-refractivity contribution in [1.29, 1.82) is 0 Å². The highest BCUT2D eigenvalue weighted by molar-refractivity contribution is 6.27. The van der Waals surface area contributed by atoms with Gasteiger partial charge >= 0.3 is 0 Å². The number of aliphatic hydroxyl groups is 1. The van der Waals surface area contributed by atoms with Crippen LogP contribution in [-0.2, 0) is 4.79 Å². The van der Waals surface area contributed by atoms with E-state index in [1.807, 2.05) is 55.5 Å². The molecule has 0 bridgehead atoms. The van der Waals surface area contributed by atoms with Gasteiger partial charge in [-0.05, 0) is 24.6 Å². The largest absolute Gasteiger partial charge is 0.490 e. The Morgan fingerprint density at radius 1 is 1.12 bits per heavy atom. The lowest BCUT2D eigenvalue weighted by Crippen LogP contribution is -2.37. The minimum atomic E-state index is -0.954. The lowest BCUT2D eigenvalue weighted by molar-refractivity contribution is -0.119. The van der Waals surface area contributed by atoms with Gasteiger partial charge in [0.25, 0.3) is 0 Å². The summed E-state index contributed by atoms with van der Waals surface area (Å²) in [6.45, 7) is 2.43. The van der Waals surface area contributed by atoms with Gasteiger partial charge in [0.05, 0.1) is 6.61 Å². The number of hydrogen-bond acceptors (Lipinski definition) is 4. The summed E-state index contributed by atoms with van der Waals surface area (Å²) in [7, 11) is 0. The van der Waals surface area contributed by atoms with Gasteiger partial charge in [-0.15, -0.1) is 11.6 Å². The van der Waals surface area contributed by atoms with Gasteiger partial charge in [-0.2, -0.15) is 0 Å². The van der Waals surface area contributed by atoms with Crippen molar-refractivity contribution in [2.24, 2.45) is 0 Å². The summed E-state index contributed by atoms with van der Waals surface area (Å²) in [6, 6.07) is 16.6. The van der Waals surface area contributed by atoms with Gasteiger partial charge in [0.15, 0.2) is 17.6 Å². The van der Waals surface area contributed by atoms with Crippen LogP contribution in [0.4, 0.5) is 0 Å². The van der Waals surface area contributed by atoms with E-state index in [0.717, 1.165) is 5.56 Å². The number of benzene rings is 2. The van der Waals surface area contributed by atoms with Gasteiger partial charge in [-0.1, -0.05) is 42.5 Å². The number of amides is 1. The first-order valence-electron chi connectivity index (χ1n) is 8.09. The van der Waals surface area contributed by atoms with E-state index in [4.69, 9.17) is 21.1 Å². The molecule has 2 N–H and O–H groups in total. The molecule has 0 saturated carbocycles. The molecule has 0 heterocycles. The third-order valence-electron chi connectivity index (χ3n) is 3.51. The summed E-state index contributed by atoms with van der Waals surface area (Å²) in [4.78, 5) is 11.4. The zero-order valence-corrected chi connectivity index (χ0v) is 14.8. The van der Waals surface area contributed by atoms with Gasteiger partial charge in [0.2, 0.25) is 5.91 Å². The highest BCUT2D eigenvalue weighted by Gasteiger charge is 2.24. The maximum absolute atomic E-state index is 11.4. The van der Waals surface area contributed by atoms with Crippen LogP contribution in [-0.4, -0.2) is 36.1 Å². The summed E-state index contributed by atoms with van der Waals surface area (Å²) in [5.41, 5.74) is 0.793. The van der Waals surface area contributed by atoms with Gasteiger partial charge in [-0.25, -0.2) is 0 Å². The number of halogens is 1. The average Bonchev–Trinajstić information content (AvgIpc) is 2.66. The van der Waals surface area contributed by atoms with Crippen molar-refractivity contribution in [2.75, 3.05) is 19.0 Å². The van der Waals surface area contributed by atoms with Crippen molar-refractivity contribution in [2.45, 2.75) is 19.1 Å². The SMILES string of the molecule is CCOc1ccccc1O[C@@H](c1ccccc1)[C@@H](O)CNC(=O)CCl. The van der Waals surface area contributed by atoms with Crippen LogP contribution in [0.25, 0.3) is 0 Å². The third kappa shape index (κ3) is 5.66. The minimum Gasteiger partial charge on any atom is -0.490 e. The van der Waals surface area contributed by atoms with E-state index in [-0.39, 0.29) is 18.3 Å². The Bertz CT molecular complexity index is 665. The monoisotopic (exact) mass is 363 g/mol. The quantitative estimate of drug-likeness (QED) is 0.672. The first-order valence-corrected chi connectivity index (χ1v) is 8.63. The van der Waals surface area contributed by atoms with Gasteiger partial charge in [0, 0.05) is 6.54 Å². The van der Waals surface area contributed by atoms with Crippen molar-refractivity contribution in [3.05, 3.63) is 60.2 Å². The van der Waals surface area contributed by atoms with Crippen molar-refractivity contribution in [3.63, 3.8) is 0 Å². The molecule has 0 spiro atoms. The molecule has 0 saturated heterocycles. The van der Waals surface area contributed by atoms with Gasteiger partial charge in [0.1, 0.15) is 12.0 Å². The molecule has 2 aromatic carbocycles. The van der Waals surface area contributed by atoms with Crippen LogP contribution in [0.15, 0.2) is 54.6 Å². The molecular weight excluding hydrogens is 342 g/mol. The Kier molecular flexibility index (Phi) is 7.57. The normalized spacial score (nSPS) is 12.9. The van der Waals surface area contributed by atoms with Crippen LogP contribution in [0.5, 0.6) is 11.5 Å². The van der Waals surface area contributed by atoms with Crippen LogP contribution in [0.3, 0.4) is 0 Å². The number of alkyl halides is 1. The third-order valence-corrected chi connectivity index (χ3v) is 3.75. The highest BCUT2D eigenvalue weighted by Crippen LogP contribution is 2.32. The predicted molar refractivity (Wildman–Crippen MR) is 97.2 cm³/mol. The molecule has 25 heavy (non-hydrogen) atoms. The number of para-hydroxylation sites is 2. The molecule has 5 nitrogen and oxygen atoms in total. The number of ether oxygens (including phenoxy) is 2. The highest BCUT2D eigenvalue weighted by atomic mass is 35.5. The van der Waals surface area contributed by atoms with Gasteiger partial charge < -0.3 is 19.9 Å². The molecule has 0 aromatic heterocycles. The van der Waals surface area contributed by atoms with E-state index in [2.05, 4.69) is 5.32 Å². The molecule has 0 aliphatic rings. The van der Waals surface area contributed by atoms with E-state index in [0.29, 0.717) is 18.1 Å². The summed E-state index contributed by atoms with van der Waals surface area (Å²) < 4.78 is 11.6. The van der Waals surface area contributed by atoms with Crippen LogP contribution in [0, 0.1) is 0 Å². The molecular formula is C19H22ClNO4. The number of hydrogen-bond donors (Lipinski definition) is 2. The number of carbonyl (C=O) groups excluding carboxylic acids is 1. The zero-order chi connectivity index (χ0) is 18.1. The molecule has 6 heteroatoms. The molecule has 1 amide bonds. The summed E-state index contributed by atoms with van der Waals surface area (Å²) in [5, 5.41) is 13.1. The van der Waals surface area contributed by atoms with E-state index in [9.17, 15) is 9.90 Å². The average molecular weight is 364 g/mol. The summed E-state index contributed by atoms with van der Waals surface area (Å²) in [6.07, 6.45) is -1.62. The Morgan fingerprint density at radius 2 is 1.76 bits per heavy atom. The van der Waals surface area contributed by atoms with E-state index in [1.54, 1.807) is 6.07 Å². The first kappa shape index (κ1) is 19.1. The smallest absolute Gasteiger partial charge is 0.235 e. The first-order chi connectivity index (χ1) is 12.2. The topological polar surface area (TPSA) is 67.8 Å². The predicted octanol–water partition coefficient (Wildman–Crippen LogP) is 2.92. The van der Waals surface area contributed by atoms with Crippen molar-refractivity contribution >= 4 is 17.5 Å². The Labute approximate surface area is 152 Å². The van der Waals surface area contributed by atoms with Crippen LogP contribution < -0.4 is 14.8 Å². The second kappa shape index (κ2) is 9.91. The number of rotatable bonds is 9. The molecule has 0 radical (unpaired) electrons. The molecule has 0 fully saturated rings. The van der Waals surface area contributed by atoms with E-state index >= 15 is 0 Å². The second-order valence-corrected chi connectivity index (χ2v) is 5.60. The lowest BCUT2D eigenvalue weighted by Gasteiger charge is -2.26. The summed E-state index contributed by atoms with van der Waals surface area (Å²) in [5.74, 6) is 0.627. The standard InChI is InChI=1S/C19H22ClNO4/c1-2-24-16-10-6-7-11-17(16)25-19(14-8-4-3-5-9-14)15(22)13-21-18(23)12-20/h3-11,15,19,22H,2,12-13H2,1H3,(H,21,23)/t15-,19-/m0/s1. The number of carbonyl (C=O) groups is 1.